The van der Waals surface area contributed by atoms with Gasteiger partial charge in [0.15, 0.2) is 22.8 Å². The molecule has 3 N–H and O–H groups in total. The first-order chi connectivity index (χ1) is 16.4. The lowest BCUT2D eigenvalue weighted by Gasteiger charge is -2.12. The van der Waals surface area contributed by atoms with E-state index < -0.39 is 23.1 Å². The van der Waals surface area contributed by atoms with Gasteiger partial charge in [-0.15, -0.1) is 0 Å². The molecule has 9 heteroatoms. The summed E-state index contributed by atoms with van der Waals surface area (Å²) in [5.74, 6) is -0.282. The van der Waals surface area contributed by atoms with E-state index in [-0.39, 0.29) is 29.2 Å². The molecule has 0 radical (unpaired) electrons. The van der Waals surface area contributed by atoms with Crippen molar-refractivity contribution in [1.82, 2.24) is 5.32 Å². The molecule has 0 spiro atoms. The predicted octanol–water partition coefficient (Wildman–Crippen LogP) is 4.16. The topological polar surface area (TPSA) is 127 Å². The van der Waals surface area contributed by atoms with Crippen molar-refractivity contribution < 1.29 is 28.6 Å². The van der Waals surface area contributed by atoms with E-state index in [0.29, 0.717) is 28.2 Å². The van der Waals surface area contributed by atoms with Crippen molar-refractivity contribution in [2.45, 2.75) is 6.92 Å². The summed E-state index contributed by atoms with van der Waals surface area (Å²) in [6.07, 6.45) is 0. The summed E-state index contributed by atoms with van der Waals surface area (Å²) in [6, 6.07) is 15.4. The first-order valence-electron chi connectivity index (χ1n) is 10.3. The van der Waals surface area contributed by atoms with E-state index in [1.54, 1.807) is 67.6 Å². The van der Waals surface area contributed by atoms with Gasteiger partial charge >= 0.3 is 6.03 Å². The fourth-order valence-electron chi connectivity index (χ4n) is 3.68. The maximum Gasteiger partial charge on any atom is 0.326 e. The average Bonchev–Trinajstić information content (AvgIpc) is 3.30. The summed E-state index contributed by atoms with van der Waals surface area (Å²) >= 11 is 0. The smallest absolute Gasteiger partial charge is 0.326 e. The number of amides is 3. The van der Waals surface area contributed by atoms with Crippen LogP contribution in [-0.4, -0.2) is 23.8 Å². The van der Waals surface area contributed by atoms with Gasteiger partial charge in [0, 0.05) is 11.1 Å². The Morgan fingerprint density at radius 2 is 1.74 bits per heavy atom. The monoisotopic (exact) mass is 458 g/mol. The molecule has 4 aromatic rings. The highest BCUT2D eigenvalue weighted by molar-refractivity contribution is 6.10. The Bertz CT molecular complexity index is 1510. The molecule has 9 nitrogen and oxygen atoms in total. The van der Waals surface area contributed by atoms with E-state index in [1.807, 2.05) is 0 Å². The maximum absolute atomic E-state index is 13.0. The van der Waals surface area contributed by atoms with Gasteiger partial charge in [0.05, 0.1) is 11.1 Å². The van der Waals surface area contributed by atoms with Crippen LogP contribution in [0.5, 0.6) is 17.2 Å². The number of rotatable bonds is 3. The van der Waals surface area contributed by atoms with Gasteiger partial charge in [-0.3, -0.25) is 14.9 Å². The SMILES string of the molecule is Cc1cc(NC(=O)NC(=O)c2ccccc2)c2oc(-c3ccc4c(c3)OCO4)c(O)c(=O)c2c1. The number of carbonyl (C=O) groups excluding carboxylic acids is 2. The van der Waals surface area contributed by atoms with Crippen LogP contribution in [0.1, 0.15) is 15.9 Å². The van der Waals surface area contributed by atoms with Crippen molar-refractivity contribution >= 4 is 28.6 Å². The largest absolute Gasteiger partial charge is 0.502 e. The minimum atomic E-state index is -0.805. The molecular weight excluding hydrogens is 440 g/mol. The van der Waals surface area contributed by atoms with Crippen LogP contribution < -0.4 is 25.5 Å². The van der Waals surface area contributed by atoms with Crippen LogP contribution in [0.4, 0.5) is 10.5 Å². The van der Waals surface area contributed by atoms with Gasteiger partial charge in [-0.1, -0.05) is 18.2 Å². The summed E-state index contributed by atoms with van der Waals surface area (Å²) in [4.78, 5) is 37.8. The normalized spacial score (nSPS) is 11.9. The van der Waals surface area contributed by atoms with Crippen LogP contribution >= 0.6 is 0 Å². The number of anilines is 1. The third kappa shape index (κ3) is 3.79. The Kier molecular flexibility index (Phi) is 5.14. The summed E-state index contributed by atoms with van der Waals surface area (Å²) in [5.41, 5.74) is 0.876. The summed E-state index contributed by atoms with van der Waals surface area (Å²) in [5, 5.41) is 15.5. The predicted molar refractivity (Wildman–Crippen MR) is 123 cm³/mol. The zero-order valence-corrected chi connectivity index (χ0v) is 17.9. The maximum atomic E-state index is 13.0. The van der Waals surface area contributed by atoms with E-state index in [4.69, 9.17) is 13.9 Å². The lowest BCUT2D eigenvalue weighted by molar-refractivity contribution is 0.0967. The van der Waals surface area contributed by atoms with Gasteiger partial charge in [-0.2, -0.15) is 0 Å². The Morgan fingerprint density at radius 3 is 2.53 bits per heavy atom. The molecule has 1 aliphatic heterocycles. The zero-order chi connectivity index (χ0) is 23.8. The average molecular weight is 458 g/mol. The highest BCUT2D eigenvalue weighted by atomic mass is 16.7. The second kappa shape index (κ2) is 8.28. The van der Waals surface area contributed by atoms with Crippen LogP contribution in [-0.2, 0) is 0 Å². The molecule has 3 aromatic carbocycles. The minimum absolute atomic E-state index is 0.0448. The minimum Gasteiger partial charge on any atom is -0.502 e. The standard InChI is InChI=1S/C25H18N2O7/c1-13-9-16-20(28)21(29)22(15-7-8-18-19(11-15)33-12-32-18)34-23(16)17(10-13)26-25(31)27-24(30)14-5-3-2-4-6-14/h2-11,29H,12H2,1H3,(H2,26,27,30,31). The van der Waals surface area contributed by atoms with Crippen molar-refractivity contribution in [2.24, 2.45) is 0 Å². The number of ether oxygens (including phenoxy) is 2. The number of aryl methyl sites for hydroxylation is 1. The number of fused-ring (bicyclic) bond motifs is 2. The number of hydrogen-bond acceptors (Lipinski definition) is 7. The first kappa shape index (κ1) is 21.1. The first-order valence-corrected chi connectivity index (χ1v) is 10.3. The highest BCUT2D eigenvalue weighted by Crippen LogP contribution is 2.39. The molecule has 0 saturated carbocycles. The number of benzene rings is 3. The second-order valence-electron chi connectivity index (χ2n) is 7.64. The quantitative estimate of drug-likeness (QED) is 0.421. The fourth-order valence-corrected chi connectivity index (χ4v) is 3.68. The van der Waals surface area contributed by atoms with Gasteiger partial charge in [-0.05, 0) is 55.0 Å². The van der Waals surface area contributed by atoms with Crippen molar-refractivity contribution in [2.75, 3.05) is 12.1 Å². The van der Waals surface area contributed by atoms with Crippen molar-refractivity contribution in [3.05, 3.63) is 82.0 Å². The molecular formula is C25H18N2O7. The molecule has 3 amide bonds. The van der Waals surface area contributed by atoms with Crippen LogP contribution in [0, 0.1) is 6.92 Å². The lowest BCUT2D eigenvalue weighted by atomic mass is 10.1. The van der Waals surface area contributed by atoms with E-state index in [2.05, 4.69) is 10.6 Å². The summed E-state index contributed by atoms with van der Waals surface area (Å²) in [6.45, 7) is 1.79. The Hall–Kier alpha value is -4.79. The van der Waals surface area contributed by atoms with Gasteiger partial charge in [0.2, 0.25) is 18.0 Å². The Balaban J connectivity index is 1.54. The summed E-state index contributed by atoms with van der Waals surface area (Å²) in [7, 11) is 0. The second-order valence-corrected chi connectivity index (χ2v) is 7.64. The molecule has 0 aliphatic carbocycles. The number of imide groups is 1. The molecule has 0 bridgehead atoms. The fraction of sp³-hybridized carbons (Fsp3) is 0.0800. The number of urea groups is 1. The van der Waals surface area contributed by atoms with Gasteiger partial charge in [0.25, 0.3) is 5.91 Å². The molecule has 170 valence electrons. The van der Waals surface area contributed by atoms with Crippen molar-refractivity contribution in [3.63, 3.8) is 0 Å². The van der Waals surface area contributed by atoms with Crippen LogP contribution in [0.3, 0.4) is 0 Å². The number of aromatic hydroxyl groups is 1. The van der Waals surface area contributed by atoms with E-state index >= 15 is 0 Å². The molecule has 0 unspecified atom stereocenters. The summed E-state index contributed by atoms with van der Waals surface area (Å²) < 4.78 is 16.6. The van der Waals surface area contributed by atoms with Crippen molar-refractivity contribution in [3.8, 4) is 28.6 Å². The highest BCUT2D eigenvalue weighted by Gasteiger charge is 2.22. The zero-order valence-electron chi connectivity index (χ0n) is 17.9. The molecule has 1 aliphatic rings. The molecule has 0 saturated heterocycles. The van der Waals surface area contributed by atoms with Gasteiger partial charge in [0.1, 0.15) is 0 Å². The Labute approximate surface area is 192 Å². The van der Waals surface area contributed by atoms with Gasteiger partial charge < -0.3 is 24.3 Å². The molecule has 5 rings (SSSR count). The lowest BCUT2D eigenvalue weighted by Crippen LogP contribution is -2.34. The number of nitrogens with one attached hydrogen (secondary N) is 2. The van der Waals surface area contributed by atoms with Crippen LogP contribution in [0.25, 0.3) is 22.3 Å². The molecule has 1 aromatic heterocycles. The molecule has 2 heterocycles. The van der Waals surface area contributed by atoms with E-state index in [9.17, 15) is 19.5 Å². The van der Waals surface area contributed by atoms with Crippen LogP contribution in [0.2, 0.25) is 0 Å². The third-order valence-corrected chi connectivity index (χ3v) is 5.26. The Morgan fingerprint density at radius 1 is 0.971 bits per heavy atom. The molecule has 34 heavy (non-hydrogen) atoms. The number of hydrogen-bond donors (Lipinski definition) is 3. The van der Waals surface area contributed by atoms with E-state index in [0.717, 1.165) is 0 Å². The number of carbonyl (C=O) groups is 2. The van der Waals surface area contributed by atoms with Gasteiger partial charge in [-0.25, -0.2) is 4.79 Å². The molecule has 0 fully saturated rings. The van der Waals surface area contributed by atoms with Crippen LogP contribution in [0.15, 0.2) is 69.9 Å². The van der Waals surface area contributed by atoms with Crippen molar-refractivity contribution in [1.29, 1.82) is 0 Å². The van der Waals surface area contributed by atoms with E-state index in [1.165, 1.54) is 0 Å². The molecule has 0 atom stereocenters. The third-order valence-electron chi connectivity index (χ3n) is 5.26.